The Morgan fingerprint density at radius 3 is 3.00 bits per heavy atom. The summed E-state index contributed by atoms with van der Waals surface area (Å²) < 4.78 is 5.34. The van der Waals surface area contributed by atoms with Gasteiger partial charge in [-0.2, -0.15) is 5.26 Å². The van der Waals surface area contributed by atoms with E-state index in [9.17, 15) is 0 Å². The number of ether oxygens (including phenoxy) is 1. The summed E-state index contributed by atoms with van der Waals surface area (Å²) in [7, 11) is 1.91. The normalized spacial score (nSPS) is 20.9. The molecule has 0 spiro atoms. The van der Waals surface area contributed by atoms with E-state index in [2.05, 4.69) is 29.3 Å². The molecule has 0 amide bonds. The van der Waals surface area contributed by atoms with Gasteiger partial charge in [0.1, 0.15) is 0 Å². The van der Waals surface area contributed by atoms with Gasteiger partial charge in [-0.3, -0.25) is 0 Å². The maximum absolute atomic E-state index is 8.92. The summed E-state index contributed by atoms with van der Waals surface area (Å²) in [6.07, 6.45) is -0.358. The molecule has 1 N–H and O–H groups in total. The SMILES string of the molecule is CNC(C)c1ccc(N2CCOC(C#N)C2)cc1Cl. The van der Waals surface area contributed by atoms with Gasteiger partial charge in [0.15, 0.2) is 6.10 Å². The molecule has 0 bridgehead atoms. The highest BCUT2D eigenvalue weighted by molar-refractivity contribution is 6.31. The van der Waals surface area contributed by atoms with Gasteiger partial charge in [0.25, 0.3) is 0 Å². The molecular formula is C14H18ClN3O. The van der Waals surface area contributed by atoms with Crippen LogP contribution in [0.2, 0.25) is 5.02 Å². The highest BCUT2D eigenvalue weighted by Gasteiger charge is 2.21. The van der Waals surface area contributed by atoms with Crippen molar-refractivity contribution in [3.63, 3.8) is 0 Å². The summed E-state index contributed by atoms with van der Waals surface area (Å²) in [5.74, 6) is 0. The molecule has 1 aromatic carbocycles. The maximum Gasteiger partial charge on any atom is 0.161 e. The lowest BCUT2D eigenvalue weighted by Gasteiger charge is -2.32. The molecule has 1 heterocycles. The lowest BCUT2D eigenvalue weighted by molar-refractivity contribution is 0.0764. The van der Waals surface area contributed by atoms with Crippen molar-refractivity contribution >= 4 is 17.3 Å². The Kier molecular flexibility index (Phi) is 4.65. The molecule has 102 valence electrons. The predicted octanol–water partition coefficient (Wildman–Crippen LogP) is 2.35. The Balaban J connectivity index is 2.18. The molecule has 19 heavy (non-hydrogen) atoms. The zero-order chi connectivity index (χ0) is 13.8. The average Bonchev–Trinajstić information content (AvgIpc) is 2.46. The molecule has 2 unspecified atom stereocenters. The van der Waals surface area contributed by atoms with Gasteiger partial charge in [0.2, 0.25) is 0 Å². The van der Waals surface area contributed by atoms with Gasteiger partial charge in [0, 0.05) is 23.3 Å². The van der Waals surface area contributed by atoms with Crippen molar-refractivity contribution in [3.8, 4) is 6.07 Å². The molecule has 0 saturated carbocycles. The summed E-state index contributed by atoms with van der Waals surface area (Å²) >= 11 is 6.33. The number of anilines is 1. The standard InChI is InChI=1S/C14H18ClN3O/c1-10(17-2)13-4-3-11(7-14(13)15)18-5-6-19-12(8-16)9-18/h3-4,7,10,12,17H,5-6,9H2,1-2H3. The minimum atomic E-state index is -0.358. The Hall–Kier alpha value is -1.28. The van der Waals surface area contributed by atoms with Crippen LogP contribution in [0.3, 0.4) is 0 Å². The van der Waals surface area contributed by atoms with Crippen LogP contribution in [0.25, 0.3) is 0 Å². The lowest BCUT2D eigenvalue weighted by Crippen LogP contribution is -2.41. The van der Waals surface area contributed by atoms with Crippen LogP contribution in [0, 0.1) is 11.3 Å². The van der Waals surface area contributed by atoms with E-state index in [0.717, 1.165) is 22.8 Å². The number of morpholine rings is 1. The molecular weight excluding hydrogens is 262 g/mol. The van der Waals surface area contributed by atoms with Gasteiger partial charge in [0.05, 0.1) is 19.2 Å². The first-order chi connectivity index (χ1) is 9.15. The first kappa shape index (κ1) is 14.1. The van der Waals surface area contributed by atoms with Crippen LogP contribution in [-0.2, 0) is 4.74 Å². The minimum absolute atomic E-state index is 0.220. The van der Waals surface area contributed by atoms with Gasteiger partial charge in [-0.15, -0.1) is 0 Å². The van der Waals surface area contributed by atoms with Crippen molar-refractivity contribution < 1.29 is 4.74 Å². The number of nitrogens with one attached hydrogen (secondary N) is 1. The summed E-state index contributed by atoms with van der Waals surface area (Å²) in [5, 5.41) is 12.8. The van der Waals surface area contributed by atoms with Crippen LogP contribution in [0.1, 0.15) is 18.5 Å². The largest absolute Gasteiger partial charge is 0.365 e. The second-order valence-corrected chi connectivity index (χ2v) is 5.06. The van der Waals surface area contributed by atoms with E-state index in [1.807, 2.05) is 19.2 Å². The van der Waals surface area contributed by atoms with Crippen LogP contribution in [0.15, 0.2) is 18.2 Å². The molecule has 0 radical (unpaired) electrons. The number of hydrogen-bond acceptors (Lipinski definition) is 4. The average molecular weight is 280 g/mol. The van der Waals surface area contributed by atoms with Gasteiger partial charge >= 0.3 is 0 Å². The molecule has 1 aliphatic heterocycles. The molecule has 1 fully saturated rings. The molecule has 2 rings (SSSR count). The maximum atomic E-state index is 8.92. The summed E-state index contributed by atoms with van der Waals surface area (Å²) in [4.78, 5) is 2.14. The summed E-state index contributed by atoms with van der Waals surface area (Å²) in [6, 6.07) is 8.42. The second kappa shape index (κ2) is 6.25. The number of hydrogen-bond donors (Lipinski definition) is 1. The van der Waals surface area contributed by atoms with Crippen molar-refractivity contribution in [1.29, 1.82) is 5.26 Å². The molecule has 4 nitrogen and oxygen atoms in total. The fraction of sp³-hybridized carbons (Fsp3) is 0.500. The number of nitriles is 1. The molecule has 1 aromatic rings. The summed E-state index contributed by atoms with van der Waals surface area (Å²) in [6.45, 7) is 4.02. The summed E-state index contributed by atoms with van der Waals surface area (Å²) in [5.41, 5.74) is 2.12. The zero-order valence-electron chi connectivity index (χ0n) is 11.2. The van der Waals surface area contributed by atoms with Crippen molar-refractivity contribution in [2.75, 3.05) is 31.6 Å². The van der Waals surface area contributed by atoms with Gasteiger partial charge in [-0.1, -0.05) is 17.7 Å². The first-order valence-corrected chi connectivity index (χ1v) is 6.76. The third-order valence-corrected chi connectivity index (χ3v) is 3.79. The van der Waals surface area contributed by atoms with Gasteiger partial charge in [-0.25, -0.2) is 0 Å². The third kappa shape index (κ3) is 3.19. The van der Waals surface area contributed by atoms with Crippen LogP contribution in [0.4, 0.5) is 5.69 Å². The van der Waals surface area contributed by atoms with Crippen LogP contribution in [0.5, 0.6) is 0 Å². The van der Waals surface area contributed by atoms with Gasteiger partial charge in [-0.05, 0) is 31.7 Å². The number of rotatable bonds is 3. The minimum Gasteiger partial charge on any atom is -0.365 e. The Labute approximate surface area is 118 Å². The number of benzene rings is 1. The second-order valence-electron chi connectivity index (χ2n) is 4.65. The fourth-order valence-electron chi connectivity index (χ4n) is 2.18. The van der Waals surface area contributed by atoms with E-state index in [-0.39, 0.29) is 12.1 Å². The molecule has 0 aliphatic carbocycles. The first-order valence-electron chi connectivity index (χ1n) is 6.38. The fourth-order valence-corrected chi connectivity index (χ4v) is 2.52. The smallest absolute Gasteiger partial charge is 0.161 e. The monoisotopic (exact) mass is 279 g/mol. The third-order valence-electron chi connectivity index (χ3n) is 3.46. The van der Waals surface area contributed by atoms with E-state index in [0.29, 0.717) is 13.2 Å². The van der Waals surface area contributed by atoms with Crippen LogP contribution in [-0.4, -0.2) is 32.8 Å². The van der Waals surface area contributed by atoms with E-state index in [4.69, 9.17) is 21.6 Å². The van der Waals surface area contributed by atoms with E-state index < -0.39 is 0 Å². The molecule has 5 heteroatoms. The topological polar surface area (TPSA) is 48.3 Å². The molecule has 1 aliphatic rings. The van der Waals surface area contributed by atoms with Crippen LogP contribution >= 0.6 is 11.6 Å². The van der Waals surface area contributed by atoms with E-state index >= 15 is 0 Å². The predicted molar refractivity (Wildman–Crippen MR) is 76.5 cm³/mol. The Morgan fingerprint density at radius 2 is 2.37 bits per heavy atom. The zero-order valence-corrected chi connectivity index (χ0v) is 11.9. The quantitative estimate of drug-likeness (QED) is 0.923. The molecule has 2 atom stereocenters. The highest BCUT2D eigenvalue weighted by atomic mass is 35.5. The van der Waals surface area contributed by atoms with Crippen molar-refractivity contribution in [2.45, 2.75) is 19.1 Å². The Morgan fingerprint density at radius 1 is 1.58 bits per heavy atom. The van der Waals surface area contributed by atoms with Crippen molar-refractivity contribution in [2.24, 2.45) is 0 Å². The Bertz CT molecular complexity index is 486. The number of halogens is 1. The van der Waals surface area contributed by atoms with Gasteiger partial charge < -0.3 is 15.0 Å². The van der Waals surface area contributed by atoms with E-state index in [1.165, 1.54) is 0 Å². The highest BCUT2D eigenvalue weighted by Crippen LogP contribution is 2.28. The molecule has 1 saturated heterocycles. The molecule has 0 aromatic heterocycles. The lowest BCUT2D eigenvalue weighted by atomic mass is 10.1. The van der Waals surface area contributed by atoms with Crippen LogP contribution < -0.4 is 10.2 Å². The number of nitrogens with zero attached hydrogens (tertiary/aromatic N) is 2. The van der Waals surface area contributed by atoms with E-state index in [1.54, 1.807) is 0 Å². The van der Waals surface area contributed by atoms with Crippen molar-refractivity contribution in [3.05, 3.63) is 28.8 Å². The van der Waals surface area contributed by atoms with Crippen molar-refractivity contribution in [1.82, 2.24) is 5.32 Å².